The zero-order valence-corrected chi connectivity index (χ0v) is 7.34. The minimum atomic E-state index is 0.315. The van der Waals surface area contributed by atoms with Crippen molar-refractivity contribution in [2.75, 3.05) is 7.11 Å². The third-order valence-corrected chi connectivity index (χ3v) is 1.98. The van der Waals surface area contributed by atoms with Crippen LogP contribution in [0.25, 0.3) is 0 Å². The molecule has 1 atom stereocenters. The fourth-order valence-corrected chi connectivity index (χ4v) is 1.29. The standard InChI is InChI=1S/C10H16O/c1-3-4-9-5-7-10(11-2)8-6-9/h5-7,10H,3-4,8H2,1-2H3. The molecule has 0 bridgehead atoms. The van der Waals surface area contributed by atoms with Crippen LogP contribution in [0.15, 0.2) is 23.8 Å². The predicted octanol–water partition coefficient (Wildman–Crippen LogP) is 2.69. The van der Waals surface area contributed by atoms with Gasteiger partial charge in [-0.15, -0.1) is 0 Å². The Bertz CT molecular complexity index is 168. The lowest BCUT2D eigenvalue weighted by atomic mass is 10.0. The highest BCUT2D eigenvalue weighted by Gasteiger charge is 2.05. The van der Waals surface area contributed by atoms with Crippen molar-refractivity contribution in [1.29, 1.82) is 0 Å². The van der Waals surface area contributed by atoms with Gasteiger partial charge in [0.2, 0.25) is 0 Å². The molecule has 0 N–H and O–H groups in total. The Morgan fingerprint density at radius 1 is 1.64 bits per heavy atom. The Kier molecular flexibility index (Phi) is 3.37. The van der Waals surface area contributed by atoms with Crippen molar-refractivity contribution in [2.45, 2.75) is 32.3 Å². The van der Waals surface area contributed by atoms with Gasteiger partial charge in [-0.3, -0.25) is 0 Å². The average Bonchev–Trinajstić information content (AvgIpc) is 2.07. The molecule has 1 unspecified atom stereocenters. The lowest BCUT2D eigenvalue weighted by Gasteiger charge is -2.13. The van der Waals surface area contributed by atoms with E-state index in [2.05, 4.69) is 25.2 Å². The summed E-state index contributed by atoms with van der Waals surface area (Å²) in [7, 11) is 1.76. The fourth-order valence-electron chi connectivity index (χ4n) is 1.29. The van der Waals surface area contributed by atoms with Gasteiger partial charge in [-0.25, -0.2) is 0 Å². The SMILES string of the molecule is CCCC1=CCC(OC)C=C1. The van der Waals surface area contributed by atoms with E-state index < -0.39 is 0 Å². The molecule has 0 fully saturated rings. The van der Waals surface area contributed by atoms with Crippen molar-refractivity contribution in [3.8, 4) is 0 Å². The van der Waals surface area contributed by atoms with E-state index in [9.17, 15) is 0 Å². The van der Waals surface area contributed by atoms with Crippen molar-refractivity contribution in [3.63, 3.8) is 0 Å². The minimum absolute atomic E-state index is 0.315. The summed E-state index contributed by atoms with van der Waals surface area (Å²) in [4.78, 5) is 0. The normalized spacial score (nSPS) is 23.5. The van der Waals surface area contributed by atoms with Crippen molar-refractivity contribution < 1.29 is 4.74 Å². The molecule has 1 aliphatic rings. The molecular formula is C10H16O. The molecule has 11 heavy (non-hydrogen) atoms. The summed E-state index contributed by atoms with van der Waals surface area (Å²) in [6, 6.07) is 0. The zero-order chi connectivity index (χ0) is 8.10. The first-order valence-corrected chi connectivity index (χ1v) is 4.27. The van der Waals surface area contributed by atoms with Crippen LogP contribution in [0.1, 0.15) is 26.2 Å². The second kappa shape index (κ2) is 4.35. The molecule has 0 aliphatic heterocycles. The van der Waals surface area contributed by atoms with Crippen LogP contribution >= 0.6 is 0 Å². The second-order valence-electron chi connectivity index (χ2n) is 2.90. The van der Waals surface area contributed by atoms with Gasteiger partial charge in [-0.1, -0.05) is 37.1 Å². The topological polar surface area (TPSA) is 9.23 Å². The molecule has 0 saturated carbocycles. The molecule has 0 saturated heterocycles. The molecule has 0 spiro atoms. The lowest BCUT2D eigenvalue weighted by Crippen LogP contribution is -2.08. The van der Waals surface area contributed by atoms with Crippen LogP contribution in [0.4, 0.5) is 0 Å². The molecular weight excluding hydrogens is 136 g/mol. The first-order chi connectivity index (χ1) is 5.36. The van der Waals surface area contributed by atoms with Gasteiger partial charge in [0.15, 0.2) is 0 Å². The molecule has 1 aliphatic carbocycles. The van der Waals surface area contributed by atoms with E-state index in [1.54, 1.807) is 7.11 Å². The molecule has 0 aromatic rings. The largest absolute Gasteiger partial charge is 0.377 e. The van der Waals surface area contributed by atoms with Crippen molar-refractivity contribution >= 4 is 0 Å². The van der Waals surface area contributed by atoms with Crippen LogP contribution in [0, 0.1) is 0 Å². The highest BCUT2D eigenvalue weighted by Crippen LogP contribution is 2.16. The number of hydrogen-bond donors (Lipinski definition) is 0. The Balaban J connectivity index is 2.39. The molecule has 0 radical (unpaired) electrons. The molecule has 1 nitrogen and oxygen atoms in total. The van der Waals surface area contributed by atoms with Crippen molar-refractivity contribution in [3.05, 3.63) is 23.8 Å². The van der Waals surface area contributed by atoms with Crippen LogP contribution in [0.5, 0.6) is 0 Å². The summed E-state index contributed by atoms with van der Waals surface area (Å²) in [5, 5.41) is 0. The number of hydrogen-bond acceptors (Lipinski definition) is 1. The summed E-state index contributed by atoms with van der Waals surface area (Å²) in [5.41, 5.74) is 1.46. The monoisotopic (exact) mass is 152 g/mol. The van der Waals surface area contributed by atoms with Gasteiger partial charge in [-0.2, -0.15) is 0 Å². The average molecular weight is 152 g/mol. The Hall–Kier alpha value is -0.560. The Morgan fingerprint density at radius 2 is 2.45 bits per heavy atom. The predicted molar refractivity (Wildman–Crippen MR) is 47.5 cm³/mol. The minimum Gasteiger partial charge on any atom is -0.377 e. The number of methoxy groups -OCH3 is 1. The van der Waals surface area contributed by atoms with Gasteiger partial charge in [0.25, 0.3) is 0 Å². The quantitative estimate of drug-likeness (QED) is 0.604. The van der Waals surface area contributed by atoms with E-state index in [4.69, 9.17) is 4.74 Å². The molecule has 62 valence electrons. The van der Waals surface area contributed by atoms with E-state index >= 15 is 0 Å². The smallest absolute Gasteiger partial charge is 0.0789 e. The van der Waals surface area contributed by atoms with Crippen molar-refractivity contribution in [1.82, 2.24) is 0 Å². The maximum atomic E-state index is 5.19. The number of ether oxygens (including phenoxy) is 1. The van der Waals surface area contributed by atoms with Gasteiger partial charge in [-0.05, 0) is 12.8 Å². The van der Waals surface area contributed by atoms with E-state index in [1.807, 2.05) is 0 Å². The van der Waals surface area contributed by atoms with Crippen LogP contribution in [0.2, 0.25) is 0 Å². The van der Waals surface area contributed by atoms with Crippen molar-refractivity contribution in [2.24, 2.45) is 0 Å². The summed E-state index contributed by atoms with van der Waals surface area (Å²) < 4.78 is 5.19. The summed E-state index contributed by atoms with van der Waals surface area (Å²) >= 11 is 0. The highest BCUT2D eigenvalue weighted by atomic mass is 16.5. The van der Waals surface area contributed by atoms with Crippen LogP contribution in [-0.4, -0.2) is 13.2 Å². The summed E-state index contributed by atoms with van der Waals surface area (Å²) in [6.07, 6.45) is 10.4. The van der Waals surface area contributed by atoms with E-state index in [-0.39, 0.29) is 0 Å². The highest BCUT2D eigenvalue weighted by molar-refractivity contribution is 5.24. The Labute approximate surface area is 68.8 Å². The molecule has 0 amide bonds. The summed E-state index contributed by atoms with van der Waals surface area (Å²) in [5.74, 6) is 0. The molecule has 0 heterocycles. The number of allylic oxidation sites excluding steroid dienone is 2. The van der Waals surface area contributed by atoms with Gasteiger partial charge in [0.1, 0.15) is 0 Å². The summed E-state index contributed by atoms with van der Waals surface area (Å²) in [6.45, 7) is 2.21. The zero-order valence-electron chi connectivity index (χ0n) is 7.34. The fraction of sp³-hybridized carbons (Fsp3) is 0.600. The van der Waals surface area contributed by atoms with E-state index in [0.717, 1.165) is 6.42 Å². The molecule has 0 aromatic carbocycles. The van der Waals surface area contributed by atoms with E-state index in [0.29, 0.717) is 6.10 Å². The Morgan fingerprint density at radius 3 is 2.91 bits per heavy atom. The van der Waals surface area contributed by atoms with Crippen LogP contribution in [0.3, 0.4) is 0 Å². The molecule has 1 rings (SSSR count). The molecule has 0 aromatic heterocycles. The first-order valence-electron chi connectivity index (χ1n) is 4.27. The number of rotatable bonds is 3. The third kappa shape index (κ3) is 2.51. The van der Waals surface area contributed by atoms with Gasteiger partial charge in [0, 0.05) is 7.11 Å². The van der Waals surface area contributed by atoms with E-state index in [1.165, 1.54) is 18.4 Å². The maximum absolute atomic E-state index is 5.19. The third-order valence-electron chi connectivity index (χ3n) is 1.98. The van der Waals surface area contributed by atoms with Crippen LogP contribution < -0.4 is 0 Å². The van der Waals surface area contributed by atoms with Gasteiger partial charge >= 0.3 is 0 Å². The lowest BCUT2D eigenvalue weighted by molar-refractivity contribution is 0.142. The van der Waals surface area contributed by atoms with Gasteiger partial charge < -0.3 is 4.74 Å². The van der Waals surface area contributed by atoms with Crippen LogP contribution in [-0.2, 0) is 4.74 Å². The first kappa shape index (κ1) is 8.54. The van der Waals surface area contributed by atoms with Gasteiger partial charge in [0.05, 0.1) is 6.10 Å². The molecule has 1 heteroatoms. The second-order valence-corrected chi connectivity index (χ2v) is 2.90. The maximum Gasteiger partial charge on any atom is 0.0789 e.